The maximum atomic E-state index is 6.54. The zero-order valence-electron chi connectivity index (χ0n) is 27.3. The van der Waals surface area contributed by atoms with Crippen molar-refractivity contribution in [1.82, 2.24) is 10.2 Å². The highest BCUT2D eigenvalue weighted by Crippen LogP contribution is 2.62. The van der Waals surface area contributed by atoms with Crippen LogP contribution in [0.2, 0.25) is 0 Å². The minimum atomic E-state index is -0.483. The fourth-order valence-corrected chi connectivity index (χ4v) is 9.11. The van der Waals surface area contributed by atoms with E-state index in [1.165, 1.54) is 67.1 Å². The monoisotopic (exact) mass is 643 g/mol. The third kappa shape index (κ3) is 3.82. The second-order valence-corrected chi connectivity index (χ2v) is 13.8. The fourth-order valence-electron chi connectivity index (χ4n) is 9.11. The first-order valence-corrected chi connectivity index (χ1v) is 17.5. The van der Waals surface area contributed by atoms with Crippen LogP contribution < -0.4 is 10.1 Å². The van der Waals surface area contributed by atoms with Crippen LogP contribution in [0.4, 0.5) is 0 Å². The van der Waals surface area contributed by atoms with E-state index in [1.807, 2.05) is 0 Å². The summed E-state index contributed by atoms with van der Waals surface area (Å²) in [6.45, 7) is 0.815. The molecule has 238 valence electrons. The molecule has 5 aliphatic rings. The number of allylic oxidation sites excluding steroid dienone is 2. The van der Waals surface area contributed by atoms with Crippen molar-refractivity contribution in [3.63, 3.8) is 0 Å². The molecular weight excluding hydrogens is 611 g/mol. The number of rotatable bonds is 4. The Balaban J connectivity index is 1.01. The zero-order valence-corrected chi connectivity index (χ0v) is 27.3. The molecule has 11 rings (SSSR count). The number of ether oxygens (including phenoxy) is 1. The summed E-state index contributed by atoms with van der Waals surface area (Å²) >= 11 is 0. The smallest absolute Gasteiger partial charge is 0.132 e. The lowest BCUT2D eigenvalue weighted by Crippen LogP contribution is -2.33. The molecule has 0 saturated carbocycles. The first kappa shape index (κ1) is 27.9. The topological polar surface area (TPSA) is 36.6 Å². The number of para-hydroxylation sites is 2. The average Bonchev–Trinajstić information content (AvgIpc) is 3.69. The van der Waals surface area contributed by atoms with Gasteiger partial charge in [-0.05, 0) is 57.2 Å². The molecule has 6 aromatic rings. The molecule has 4 heteroatoms. The molecular formula is C46H33N3O. The molecule has 4 aliphatic heterocycles. The predicted octanol–water partition coefficient (Wildman–Crippen LogP) is 9.60. The molecule has 50 heavy (non-hydrogen) atoms. The Labute approximate surface area is 291 Å². The first-order chi connectivity index (χ1) is 24.8. The van der Waals surface area contributed by atoms with Crippen molar-refractivity contribution in [3.05, 3.63) is 208 Å². The number of benzene rings is 6. The third-order valence-electron chi connectivity index (χ3n) is 11.3. The van der Waals surface area contributed by atoms with E-state index in [0.29, 0.717) is 6.04 Å². The van der Waals surface area contributed by atoms with Gasteiger partial charge in [-0.15, -0.1) is 0 Å². The Bertz CT molecular complexity index is 2380. The standard InChI is InChI=1S/C46H33N3O/c1-3-12-31(13-4-1)43-44-41(48-45(49(43)44)32-14-5-2-6-15-32)30-23-21-29(22-24-30)33-25-26-34-38(28-33)46(37-18-11-27-47-42(34)37)35-16-7-9-19-39(35)50-40-20-10-8-17-36(40)46/h1-26,28,43-45,47H,27H2. The molecule has 1 saturated heterocycles. The Hall–Kier alpha value is -5.97. The summed E-state index contributed by atoms with van der Waals surface area (Å²) in [5, 5.41) is 3.74. The maximum absolute atomic E-state index is 6.54. The van der Waals surface area contributed by atoms with Gasteiger partial charge in [-0.25, -0.2) is 0 Å². The number of aliphatic imine (C=N–C) groups is 1. The van der Waals surface area contributed by atoms with Gasteiger partial charge in [0.15, 0.2) is 0 Å². The van der Waals surface area contributed by atoms with Crippen molar-refractivity contribution >= 4 is 11.4 Å². The maximum Gasteiger partial charge on any atom is 0.132 e. The van der Waals surface area contributed by atoms with Gasteiger partial charge in [-0.1, -0.05) is 146 Å². The molecule has 1 aliphatic carbocycles. The summed E-state index contributed by atoms with van der Waals surface area (Å²) < 4.78 is 6.54. The van der Waals surface area contributed by atoms with Crippen LogP contribution in [0.5, 0.6) is 11.5 Å². The fraction of sp³-hybridized carbons (Fsp3) is 0.109. The van der Waals surface area contributed by atoms with Gasteiger partial charge in [-0.2, -0.15) is 0 Å². The number of hydrogen-bond acceptors (Lipinski definition) is 4. The van der Waals surface area contributed by atoms with Gasteiger partial charge in [0, 0.05) is 28.9 Å². The second-order valence-electron chi connectivity index (χ2n) is 13.8. The number of nitrogens with one attached hydrogen (secondary N) is 1. The van der Waals surface area contributed by atoms with E-state index >= 15 is 0 Å². The highest BCUT2D eigenvalue weighted by Gasteiger charge is 2.59. The van der Waals surface area contributed by atoms with Crippen molar-refractivity contribution < 1.29 is 4.74 Å². The van der Waals surface area contributed by atoms with E-state index in [0.717, 1.165) is 18.0 Å². The van der Waals surface area contributed by atoms with Gasteiger partial charge in [0.1, 0.15) is 17.7 Å². The van der Waals surface area contributed by atoms with Crippen LogP contribution in [-0.2, 0) is 5.41 Å². The summed E-state index contributed by atoms with van der Waals surface area (Å²) in [6.07, 6.45) is 4.60. The largest absolute Gasteiger partial charge is 0.457 e. The first-order valence-electron chi connectivity index (χ1n) is 17.5. The second kappa shape index (κ2) is 10.5. The van der Waals surface area contributed by atoms with Crippen molar-refractivity contribution in [1.29, 1.82) is 0 Å². The summed E-state index contributed by atoms with van der Waals surface area (Å²) in [5.74, 6) is 1.82. The van der Waals surface area contributed by atoms with Crippen molar-refractivity contribution in [2.45, 2.75) is 23.7 Å². The highest BCUT2D eigenvalue weighted by molar-refractivity contribution is 6.08. The Morgan fingerprint density at radius 1 is 0.600 bits per heavy atom. The van der Waals surface area contributed by atoms with Gasteiger partial charge in [0.2, 0.25) is 0 Å². The molecule has 4 heterocycles. The Morgan fingerprint density at radius 2 is 1.22 bits per heavy atom. The van der Waals surface area contributed by atoms with Crippen LogP contribution in [0, 0.1) is 0 Å². The molecule has 0 bridgehead atoms. The van der Waals surface area contributed by atoms with Crippen molar-refractivity contribution in [3.8, 4) is 22.6 Å². The Morgan fingerprint density at radius 3 is 1.94 bits per heavy atom. The SMILES string of the molecule is C1=CC2=C(NC1)c1ccc(-c3ccc(C4=NC(c5ccccc5)N5C4C5c4ccccc4)cc3)cc1C21c2ccccc2Oc2ccccc21. The summed E-state index contributed by atoms with van der Waals surface area (Å²) in [5.41, 5.74) is 14.3. The lowest BCUT2D eigenvalue weighted by atomic mass is 9.65. The van der Waals surface area contributed by atoms with Gasteiger partial charge in [-0.3, -0.25) is 9.89 Å². The van der Waals surface area contributed by atoms with Crippen LogP contribution in [0.15, 0.2) is 174 Å². The molecule has 1 fully saturated rings. The molecule has 0 radical (unpaired) electrons. The van der Waals surface area contributed by atoms with E-state index in [2.05, 4.69) is 174 Å². The number of nitrogens with zero attached hydrogens (tertiary/aromatic N) is 2. The van der Waals surface area contributed by atoms with Gasteiger partial charge < -0.3 is 10.1 Å². The van der Waals surface area contributed by atoms with Gasteiger partial charge >= 0.3 is 0 Å². The lowest BCUT2D eigenvalue weighted by Gasteiger charge is -2.40. The normalized spacial score (nSPS) is 22.8. The molecule has 1 spiro atoms. The van der Waals surface area contributed by atoms with Crippen molar-refractivity contribution in [2.24, 2.45) is 4.99 Å². The predicted molar refractivity (Wildman–Crippen MR) is 199 cm³/mol. The van der Waals surface area contributed by atoms with Crippen LogP contribution in [0.1, 0.15) is 51.2 Å². The third-order valence-corrected chi connectivity index (χ3v) is 11.3. The molecule has 4 nitrogen and oxygen atoms in total. The summed E-state index contributed by atoms with van der Waals surface area (Å²) in [7, 11) is 0. The van der Waals surface area contributed by atoms with Crippen LogP contribution in [0.25, 0.3) is 16.8 Å². The quantitative estimate of drug-likeness (QED) is 0.194. The van der Waals surface area contributed by atoms with E-state index < -0.39 is 5.41 Å². The van der Waals surface area contributed by atoms with Crippen molar-refractivity contribution in [2.75, 3.05) is 6.54 Å². The van der Waals surface area contributed by atoms with E-state index in [1.54, 1.807) is 0 Å². The number of hydrogen-bond donors (Lipinski definition) is 1. The average molecular weight is 644 g/mol. The van der Waals surface area contributed by atoms with Gasteiger partial charge in [0.25, 0.3) is 0 Å². The highest BCUT2D eigenvalue weighted by atomic mass is 16.5. The zero-order chi connectivity index (χ0) is 32.8. The molecule has 0 amide bonds. The number of fused-ring (bicyclic) bond motifs is 9. The summed E-state index contributed by atoms with van der Waals surface area (Å²) in [6, 6.07) is 55.4. The van der Waals surface area contributed by atoms with E-state index in [-0.39, 0.29) is 12.2 Å². The van der Waals surface area contributed by atoms with Crippen LogP contribution in [0.3, 0.4) is 0 Å². The van der Waals surface area contributed by atoms with Crippen LogP contribution in [-0.4, -0.2) is 23.2 Å². The van der Waals surface area contributed by atoms with Crippen LogP contribution >= 0.6 is 0 Å². The van der Waals surface area contributed by atoms with E-state index in [4.69, 9.17) is 9.73 Å². The van der Waals surface area contributed by atoms with E-state index in [9.17, 15) is 0 Å². The minimum absolute atomic E-state index is 0.0282. The molecule has 4 unspecified atom stereocenters. The molecule has 4 atom stereocenters. The summed E-state index contributed by atoms with van der Waals surface area (Å²) in [4.78, 5) is 7.89. The Kier molecular flexibility index (Phi) is 5.87. The molecule has 0 aromatic heterocycles. The lowest BCUT2D eigenvalue weighted by molar-refractivity contribution is 0.404. The minimum Gasteiger partial charge on any atom is -0.457 e. The molecule has 1 N–H and O–H groups in total. The van der Waals surface area contributed by atoms with Gasteiger partial charge in [0.05, 0.1) is 23.2 Å². The number of dihydropyridines is 1. The molecule has 6 aromatic carbocycles.